The van der Waals surface area contributed by atoms with Crippen LogP contribution in [0.25, 0.3) is 0 Å². The molecule has 0 saturated carbocycles. The highest BCUT2D eigenvalue weighted by atomic mass is 19.1. The largest absolute Gasteiger partial charge is 0.491 e. The molecule has 1 aromatic rings. The standard InChI is InChI=1S/C15H21FN2O/c1-5-19-14-7-6-12(8-13(14)16)15(3,4)10-18-11(2)9-17/h6-8,11,18H,5,10H2,1-4H3. The summed E-state index contributed by atoms with van der Waals surface area (Å²) < 4.78 is 19.0. The van der Waals surface area contributed by atoms with Crippen molar-refractivity contribution in [3.8, 4) is 11.8 Å². The minimum atomic E-state index is -0.347. The van der Waals surface area contributed by atoms with E-state index in [1.807, 2.05) is 26.8 Å². The van der Waals surface area contributed by atoms with E-state index < -0.39 is 0 Å². The van der Waals surface area contributed by atoms with E-state index in [9.17, 15) is 4.39 Å². The quantitative estimate of drug-likeness (QED) is 0.859. The number of halogens is 1. The molecule has 1 atom stereocenters. The van der Waals surface area contributed by atoms with Gasteiger partial charge in [-0.15, -0.1) is 0 Å². The van der Waals surface area contributed by atoms with Crippen molar-refractivity contribution in [2.45, 2.75) is 39.2 Å². The fraction of sp³-hybridized carbons (Fsp3) is 0.533. The Kier molecular flexibility index (Phi) is 5.31. The maximum absolute atomic E-state index is 13.8. The lowest BCUT2D eigenvalue weighted by Crippen LogP contribution is -2.37. The molecule has 4 heteroatoms. The molecule has 0 bridgehead atoms. The van der Waals surface area contributed by atoms with Gasteiger partial charge in [-0.25, -0.2) is 4.39 Å². The lowest BCUT2D eigenvalue weighted by Gasteiger charge is -2.26. The summed E-state index contributed by atoms with van der Waals surface area (Å²) >= 11 is 0. The van der Waals surface area contributed by atoms with Crippen LogP contribution in [-0.4, -0.2) is 19.2 Å². The lowest BCUT2D eigenvalue weighted by atomic mass is 9.84. The molecule has 104 valence electrons. The summed E-state index contributed by atoms with van der Waals surface area (Å²) in [6.07, 6.45) is 0. The van der Waals surface area contributed by atoms with Gasteiger partial charge in [-0.2, -0.15) is 5.26 Å². The van der Waals surface area contributed by atoms with Gasteiger partial charge in [0.15, 0.2) is 11.6 Å². The van der Waals surface area contributed by atoms with Crippen molar-refractivity contribution in [1.82, 2.24) is 5.32 Å². The van der Waals surface area contributed by atoms with E-state index in [1.165, 1.54) is 6.07 Å². The van der Waals surface area contributed by atoms with E-state index in [4.69, 9.17) is 10.00 Å². The number of benzene rings is 1. The Bertz CT molecular complexity index is 466. The summed E-state index contributed by atoms with van der Waals surface area (Å²) in [5.41, 5.74) is 0.627. The van der Waals surface area contributed by atoms with Crippen molar-refractivity contribution >= 4 is 0 Å². The first-order chi connectivity index (χ1) is 8.90. The average molecular weight is 264 g/mol. The molecule has 0 heterocycles. The summed E-state index contributed by atoms with van der Waals surface area (Å²) in [4.78, 5) is 0. The van der Waals surface area contributed by atoms with Gasteiger partial charge in [-0.3, -0.25) is 0 Å². The van der Waals surface area contributed by atoms with Crippen molar-refractivity contribution in [2.24, 2.45) is 0 Å². The smallest absolute Gasteiger partial charge is 0.165 e. The van der Waals surface area contributed by atoms with Crippen molar-refractivity contribution in [1.29, 1.82) is 5.26 Å². The lowest BCUT2D eigenvalue weighted by molar-refractivity contribution is 0.320. The van der Waals surface area contributed by atoms with Gasteiger partial charge >= 0.3 is 0 Å². The second-order valence-corrected chi connectivity index (χ2v) is 5.19. The van der Waals surface area contributed by atoms with Gasteiger partial charge in [0, 0.05) is 12.0 Å². The van der Waals surface area contributed by atoms with Gasteiger partial charge < -0.3 is 10.1 Å². The van der Waals surface area contributed by atoms with Gasteiger partial charge in [0.1, 0.15) is 0 Å². The van der Waals surface area contributed by atoms with E-state index >= 15 is 0 Å². The number of hydrogen-bond acceptors (Lipinski definition) is 3. The van der Waals surface area contributed by atoms with Crippen molar-refractivity contribution < 1.29 is 9.13 Å². The first kappa shape index (κ1) is 15.5. The molecule has 19 heavy (non-hydrogen) atoms. The van der Waals surface area contributed by atoms with Crippen LogP contribution in [0.4, 0.5) is 4.39 Å². The zero-order valence-corrected chi connectivity index (χ0v) is 12.0. The van der Waals surface area contributed by atoms with Crippen LogP contribution in [0.15, 0.2) is 18.2 Å². The maximum atomic E-state index is 13.8. The van der Waals surface area contributed by atoms with Crippen LogP contribution in [-0.2, 0) is 5.41 Å². The van der Waals surface area contributed by atoms with Gasteiger partial charge in [-0.05, 0) is 31.5 Å². The fourth-order valence-electron chi connectivity index (χ4n) is 1.75. The fourth-order valence-corrected chi connectivity index (χ4v) is 1.75. The third-order valence-electron chi connectivity index (χ3n) is 3.06. The molecule has 0 spiro atoms. The molecule has 0 aliphatic carbocycles. The second-order valence-electron chi connectivity index (χ2n) is 5.19. The molecule has 0 aliphatic rings. The van der Waals surface area contributed by atoms with Crippen LogP contribution in [0.2, 0.25) is 0 Å². The average Bonchev–Trinajstić information content (AvgIpc) is 2.38. The molecular weight excluding hydrogens is 243 g/mol. The molecule has 0 aromatic heterocycles. The van der Waals surface area contributed by atoms with Crippen molar-refractivity contribution in [3.63, 3.8) is 0 Å². The summed E-state index contributed by atoms with van der Waals surface area (Å²) in [7, 11) is 0. The number of rotatable bonds is 6. The first-order valence-corrected chi connectivity index (χ1v) is 6.46. The van der Waals surface area contributed by atoms with E-state index in [1.54, 1.807) is 13.0 Å². The molecule has 0 fully saturated rings. The summed E-state index contributed by atoms with van der Waals surface area (Å²) in [6, 6.07) is 6.93. The molecule has 1 unspecified atom stereocenters. The molecule has 0 radical (unpaired) electrons. The predicted molar refractivity (Wildman–Crippen MR) is 73.7 cm³/mol. The number of nitrogens with zero attached hydrogens (tertiary/aromatic N) is 1. The molecular formula is C15H21FN2O. The van der Waals surface area contributed by atoms with E-state index in [2.05, 4.69) is 11.4 Å². The third-order valence-corrected chi connectivity index (χ3v) is 3.06. The molecule has 0 amide bonds. The second kappa shape index (κ2) is 6.53. The monoisotopic (exact) mass is 264 g/mol. The predicted octanol–water partition coefficient (Wildman–Crippen LogP) is 3.00. The Morgan fingerprint density at radius 2 is 2.16 bits per heavy atom. The summed E-state index contributed by atoms with van der Waals surface area (Å²) in [6.45, 7) is 8.70. The number of nitrogens with one attached hydrogen (secondary N) is 1. The Morgan fingerprint density at radius 1 is 1.47 bits per heavy atom. The highest BCUT2D eigenvalue weighted by Crippen LogP contribution is 2.27. The number of ether oxygens (including phenoxy) is 1. The van der Waals surface area contributed by atoms with Gasteiger partial charge in [0.05, 0.1) is 18.7 Å². The molecule has 0 aliphatic heterocycles. The van der Waals surface area contributed by atoms with Crippen LogP contribution in [0.3, 0.4) is 0 Å². The molecule has 1 rings (SSSR count). The van der Waals surface area contributed by atoms with Crippen LogP contribution < -0.4 is 10.1 Å². The molecule has 1 aromatic carbocycles. The van der Waals surface area contributed by atoms with Crippen LogP contribution >= 0.6 is 0 Å². The molecule has 0 saturated heterocycles. The van der Waals surface area contributed by atoms with E-state index in [0.29, 0.717) is 13.2 Å². The minimum absolute atomic E-state index is 0.216. The normalized spacial score (nSPS) is 12.8. The SMILES string of the molecule is CCOc1ccc(C(C)(C)CNC(C)C#N)cc1F. The minimum Gasteiger partial charge on any atom is -0.491 e. The Morgan fingerprint density at radius 3 is 2.68 bits per heavy atom. The van der Waals surface area contributed by atoms with Gasteiger partial charge in [-0.1, -0.05) is 19.9 Å². The molecule has 1 N–H and O–H groups in total. The van der Waals surface area contributed by atoms with E-state index in [0.717, 1.165) is 5.56 Å². The van der Waals surface area contributed by atoms with Gasteiger partial charge in [0.25, 0.3) is 0 Å². The molecule has 3 nitrogen and oxygen atoms in total. The Hall–Kier alpha value is -1.60. The highest BCUT2D eigenvalue weighted by molar-refractivity contribution is 5.33. The maximum Gasteiger partial charge on any atom is 0.165 e. The third kappa shape index (κ3) is 4.22. The Balaban J connectivity index is 2.84. The highest BCUT2D eigenvalue weighted by Gasteiger charge is 2.22. The Labute approximate surface area is 114 Å². The van der Waals surface area contributed by atoms with Gasteiger partial charge in [0.2, 0.25) is 0 Å². The summed E-state index contributed by atoms with van der Waals surface area (Å²) in [5.74, 6) is -0.0684. The number of hydrogen-bond donors (Lipinski definition) is 1. The van der Waals surface area contributed by atoms with Crippen LogP contribution in [0.1, 0.15) is 33.3 Å². The topological polar surface area (TPSA) is 45.0 Å². The van der Waals surface area contributed by atoms with E-state index in [-0.39, 0.29) is 23.0 Å². The number of nitriles is 1. The van der Waals surface area contributed by atoms with Crippen molar-refractivity contribution in [3.05, 3.63) is 29.6 Å². The first-order valence-electron chi connectivity index (χ1n) is 6.46. The van der Waals surface area contributed by atoms with Crippen LogP contribution in [0, 0.1) is 17.1 Å². The zero-order valence-electron chi connectivity index (χ0n) is 12.0. The van der Waals surface area contributed by atoms with Crippen LogP contribution in [0.5, 0.6) is 5.75 Å². The summed E-state index contributed by atoms with van der Waals surface area (Å²) in [5, 5.41) is 11.9. The van der Waals surface area contributed by atoms with Crippen molar-refractivity contribution in [2.75, 3.05) is 13.2 Å². The zero-order chi connectivity index (χ0) is 14.5.